The van der Waals surface area contributed by atoms with Crippen molar-refractivity contribution >= 4 is 29.5 Å². The van der Waals surface area contributed by atoms with E-state index in [2.05, 4.69) is 15.9 Å². The molecule has 0 heterocycles. The lowest BCUT2D eigenvalue weighted by molar-refractivity contribution is -0.384. The van der Waals surface area contributed by atoms with Crippen molar-refractivity contribution in [2.24, 2.45) is 0 Å². The normalized spacial score (nSPS) is 11.5. The first-order chi connectivity index (χ1) is 10.3. The van der Waals surface area contributed by atoms with Crippen molar-refractivity contribution in [3.63, 3.8) is 0 Å². The van der Waals surface area contributed by atoms with E-state index in [4.69, 9.17) is 7.85 Å². The van der Waals surface area contributed by atoms with E-state index in [9.17, 15) is 10.1 Å². The highest BCUT2D eigenvalue weighted by Crippen LogP contribution is 2.24. The maximum absolute atomic E-state index is 10.6. The van der Waals surface area contributed by atoms with Crippen molar-refractivity contribution in [1.29, 1.82) is 0 Å². The zero-order chi connectivity index (χ0) is 16.7. The van der Waals surface area contributed by atoms with Crippen molar-refractivity contribution in [2.45, 2.75) is 5.82 Å². The smallest absolute Gasteiger partial charge is 0.269 e. The van der Waals surface area contributed by atoms with Gasteiger partial charge in [-0.3, -0.25) is 10.1 Å². The van der Waals surface area contributed by atoms with Gasteiger partial charge in [0.2, 0.25) is 0 Å². The fourth-order valence-corrected chi connectivity index (χ4v) is 1.93. The summed E-state index contributed by atoms with van der Waals surface area (Å²) >= 11 is 3.36. The van der Waals surface area contributed by atoms with Gasteiger partial charge in [-0.05, 0) is 50.2 Å². The van der Waals surface area contributed by atoms with Gasteiger partial charge in [0.25, 0.3) is 5.69 Å². The molecule has 0 bridgehead atoms. The van der Waals surface area contributed by atoms with E-state index in [1.807, 2.05) is 50.3 Å². The largest absolute Gasteiger partial charge is 0.312 e. The molecule has 1 unspecified atom stereocenters. The predicted molar refractivity (Wildman–Crippen MR) is 94.4 cm³/mol. The molecule has 0 aliphatic carbocycles. The molecule has 0 N–H and O–H groups in total. The van der Waals surface area contributed by atoms with Crippen LogP contribution in [-0.2, 0) is 0 Å². The Kier molecular flexibility index (Phi) is 7.28. The number of halogens is 1. The molecule has 0 amide bonds. The summed E-state index contributed by atoms with van der Waals surface area (Å²) in [5.41, 5.74) is 1.89. The zero-order valence-corrected chi connectivity index (χ0v) is 14.4. The zero-order valence-electron chi connectivity index (χ0n) is 12.9. The molecule has 0 spiro atoms. The molecule has 0 fully saturated rings. The van der Waals surface area contributed by atoms with Gasteiger partial charge in [0, 0.05) is 16.6 Å². The molecule has 0 saturated heterocycles. The number of non-ortho nitro benzene ring substituents is 1. The molecule has 0 saturated carbocycles. The van der Waals surface area contributed by atoms with Gasteiger partial charge in [0.05, 0.1) is 12.8 Å². The Morgan fingerprint density at radius 3 is 1.73 bits per heavy atom. The molecule has 2 rings (SSSR count). The summed E-state index contributed by atoms with van der Waals surface area (Å²) in [7, 11) is 12.1. The average molecular weight is 361 g/mol. The van der Waals surface area contributed by atoms with Gasteiger partial charge in [0.15, 0.2) is 0 Å². The van der Waals surface area contributed by atoms with Crippen molar-refractivity contribution in [2.75, 3.05) is 21.1 Å². The molecule has 2 radical (unpaired) electrons. The number of nitrogens with zero attached hydrogens (tertiary/aromatic N) is 2. The van der Waals surface area contributed by atoms with Crippen LogP contribution < -0.4 is 0 Å². The second kappa shape index (κ2) is 8.71. The quantitative estimate of drug-likeness (QED) is 0.475. The van der Waals surface area contributed by atoms with E-state index in [1.165, 1.54) is 12.1 Å². The maximum atomic E-state index is 10.6. The third kappa shape index (κ3) is 5.99. The van der Waals surface area contributed by atoms with Crippen LogP contribution in [0.2, 0.25) is 0 Å². The van der Waals surface area contributed by atoms with Crippen molar-refractivity contribution < 1.29 is 4.92 Å². The Morgan fingerprint density at radius 2 is 1.36 bits per heavy atom. The predicted octanol–water partition coefficient (Wildman–Crippen LogP) is 3.79. The van der Waals surface area contributed by atoms with Crippen LogP contribution in [-0.4, -0.2) is 38.8 Å². The van der Waals surface area contributed by atoms with E-state index in [0.717, 1.165) is 15.6 Å². The van der Waals surface area contributed by atoms with Crippen molar-refractivity contribution in [3.05, 3.63) is 74.2 Å². The van der Waals surface area contributed by atoms with E-state index < -0.39 is 4.92 Å². The molecule has 1 atom stereocenters. The highest BCUT2D eigenvalue weighted by molar-refractivity contribution is 9.10. The highest BCUT2D eigenvalue weighted by atomic mass is 79.9. The van der Waals surface area contributed by atoms with Gasteiger partial charge < -0.3 is 4.90 Å². The van der Waals surface area contributed by atoms with Crippen LogP contribution in [0.25, 0.3) is 0 Å². The monoisotopic (exact) mass is 360 g/mol. The minimum atomic E-state index is -0.422. The van der Waals surface area contributed by atoms with Crippen LogP contribution in [0.3, 0.4) is 0 Å². The van der Waals surface area contributed by atoms with E-state index in [1.54, 1.807) is 12.1 Å². The van der Waals surface area contributed by atoms with Gasteiger partial charge in [0.1, 0.15) is 0 Å². The van der Waals surface area contributed by atoms with Crippen LogP contribution in [0.1, 0.15) is 16.9 Å². The van der Waals surface area contributed by atoms with Gasteiger partial charge in [-0.15, -0.1) is 0 Å². The Balaban J connectivity index is 0.000000541. The van der Waals surface area contributed by atoms with Crippen LogP contribution in [0.15, 0.2) is 53.0 Å². The molecule has 114 valence electrons. The molecule has 4 nitrogen and oxygen atoms in total. The molecule has 2 aromatic rings. The second-order valence-corrected chi connectivity index (χ2v) is 6.14. The molecule has 2 aromatic carbocycles. The fraction of sp³-hybridized carbons (Fsp3) is 0.250. The molecule has 22 heavy (non-hydrogen) atoms. The fourth-order valence-electron chi connectivity index (χ4n) is 1.67. The minimum Gasteiger partial charge on any atom is -0.312 e. The number of nitro groups is 1. The van der Waals surface area contributed by atoms with Gasteiger partial charge in [-0.25, -0.2) is 0 Å². The first-order valence-electron chi connectivity index (χ1n) is 6.67. The van der Waals surface area contributed by atoms with Crippen LogP contribution >= 0.6 is 15.9 Å². The lowest BCUT2D eigenvalue weighted by Crippen LogP contribution is -2.00. The lowest BCUT2D eigenvalue weighted by Gasteiger charge is -2.12. The Morgan fingerprint density at radius 1 is 1.00 bits per heavy atom. The van der Waals surface area contributed by atoms with Crippen LogP contribution in [0.4, 0.5) is 5.69 Å². The summed E-state index contributed by atoms with van der Waals surface area (Å²) in [5.74, 6) is -0.279. The number of hydrogen-bond donors (Lipinski definition) is 0. The standard InChI is InChI=1S/C13H9BBrNO2.C3H9N/c14-13(9-1-5-11(15)6-2-9)10-3-7-12(8-4-10)16(17)18;1-4(2)3/h1-8,13H;1-3H3. The second-order valence-electron chi connectivity index (χ2n) is 5.22. The summed E-state index contributed by atoms with van der Waals surface area (Å²) in [4.78, 5) is 12.1. The van der Waals surface area contributed by atoms with Crippen LogP contribution in [0.5, 0.6) is 0 Å². The minimum absolute atomic E-state index is 0.0711. The molecular formula is C16H18BBrN2O2. The van der Waals surface area contributed by atoms with Crippen molar-refractivity contribution in [3.8, 4) is 0 Å². The third-order valence-corrected chi connectivity index (χ3v) is 3.22. The summed E-state index contributed by atoms with van der Waals surface area (Å²) in [6.07, 6.45) is 0. The molecule has 0 aromatic heterocycles. The first-order valence-corrected chi connectivity index (χ1v) is 7.47. The summed E-state index contributed by atoms with van der Waals surface area (Å²) < 4.78 is 0.988. The van der Waals surface area contributed by atoms with Gasteiger partial charge in [-0.1, -0.05) is 40.2 Å². The number of benzene rings is 2. The lowest BCUT2D eigenvalue weighted by atomic mass is 9.76. The Labute approximate surface area is 140 Å². The third-order valence-electron chi connectivity index (χ3n) is 2.69. The van der Waals surface area contributed by atoms with Crippen LogP contribution in [0, 0.1) is 10.1 Å². The SMILES string of the molecule is CN(C)C.[B]C(c1ccc(Br)cc1)c1ccc([N+](=O)[O-])cc1. The summed E-state index contributed by atoms with van der Waals surface area (Å²) in [6.45, 7) is 0. The highest BCUT2D eigenvalue weighted by Gasteiger charge is 2.10. The molecule has 0 aliphatic heterocycles. The van der Waals surface area contributed by atoms with E-state index in [-0.39, 0.29) is 11.5 Å². The van der Waals surface area contributed by atoms with E-state index in [0.29, 0.717) is 0 Å². The van der Waals surface area contributed by atoms with Crippen molar-refractivity contribution in [1.82, 2.24) is 4.90 Å². The Hall–Kier alpha value is -1.66. The first kappa shape index (κ1) is 18.4. The summed E-state index contributed by atoms with van der Waals surface area (Å²) in [5, 5.41) is 10.6. The number of hydrogen-bond acceptors (Lipinski definition) is 3. The topological polar surface area (TPSA) is 46.4 Å². The Bertz CT molecular complexity index is 598. The molecule has 6 heteroatoms. The molecular weight excluding hydrogens is 343 g/mol. The number of nitro benzene ring substituents is 1. The van der Waals surface area contributed by atoms with Gasteiger partial charge in [-0.2, -0.15) is 0 Å². The average Bonchev–Trinajstić information content (AvgIpc) is 2.47. The van der Waals surface area contributed by atoms with Gasteiger partial charge >= 0.3 is 0 Å². The maximum Gasteiger partial charge on any atom is 0.269 e. The van der Waals surface area contributed by atoms with E-state index >= 15 is 0 Å². The summed E-state index contributed by atoms with van der Waals surface area (Å²) in [6, 6.07) is 14.0. The molecule has 0 aliphatic rings. The number of rotatable bonds is 3.